The van der Waals surface area contributed by atoms with Crippen molar-refractivity contribution in [1.82, 2.24) is 5.32 Å². The molecule has 2 heteroatoms. The van der Waals surface area contributed by atoms with E-state index in [1.54, 1.807) is 0 Å². The van der Waals surface area contributed by atoms with Crippen molar-refractivity contribution in [2.45, 2.75) is 59.6 Å². The maximum Gasteiger partial charge on any atom is 0.120 e. The zero-order valence-electron chi connectivity index (χ0n) is 12.4. The minimum absolute atomic E-state index is 0.263. The van der Waals surface area contributed by atoms with Gasteiger partial charge in [0.25, 0.3) is 0 Å². The second-order valence-corrected chi connectivity index (χ2v) is 5.41. The number of ether oxygens (including phenoxy) is 1. The zero-order chi connectivity index (χ0) is 13.5. The van der Waals surface area contributed by atoms with Crippen LogP contribution < -0.4 is 10.1 Å². The number of aryl methyl sites for hydroxylation is 2. The Kier molecular flexibility index (Phi) is 6.20. The van der Waals surface area contributed by atoms with E-state index in [9.17, 15) is 0 Å². The van der Waals surface area contributed by atoms with Crippen molar-refractivity contribution >= 4 is 0 Å². The van der Waals surface area contributed by atoms with Crippen LogP contribution in [0, 0.1) is 13.8 Å². The van der Waals surface area contributed by atoms with Gasteiger partial charge >= 0.3 is 0 Å². The summed E-state index contributed by atoms with van der Waals surface area (Å²) in [7, 11) is 0. The van der Waals surface area contributed by atoms with Gasteiger partial charge in [-0.25, -0.2) is 0 Å². The Hall–Kier alpha value is -1.02. The largest absolute Gasteiger partial charge is 0.489 e. The molecule has 0 aliphatic heterocycles. The van der Waals surface area contributed by atoms with E-state index in [-0.39, 0.29) is 6.10 Å². The highest BCUT2D eigenvalue weighted by molar-refractivity contribution is 5.33. The lowest BCUT2D eigenvalue weighted by Gasteiger charge is -2.21. The molecule has 0 aliphatic carbocycles. The Morgan fingerprint density at radius 2 is 1.72 bits per heavy atom. The van der Waals surface area contributed by atoms with Crippen LogP contribution in [0.2, 0.25) is 0 Å². The van der Waals surface area contributed by atoms with Gasteiger partial charge in [0, 0.05) is 12.6 Å². The van der Waals surface area contributed by atoms with Gasteiger partial charge in [-0.2, -0.15) is 0 Å². The van der Waals surface area contributed by atoms with Crippen molar-refractivity contribution in [3.63, 3.8) is 0 Å². The van der Waals surface area contributed by atoms with Crippen molar-refractivity contribution in [1.29, 1.82) is 0 Å². The zero-order valence-corrected chi connectivity index (χ0v) is 12.4. The highest BCUT2D eigenvalue weighted by Crippen LogP contribution is 2.18. The summed E-state index contributed by atoms with van der Waals surface area (Å²) in [6.07, 6.45) is 2.50. The van der Waals surface area contributed by atoms with E-state index in [0.717, 1.165) is 25.1 Å². The highest BCUT2D eigenvalue weighted by atomic mass is 16.5. The van der Waals surface area contributed by atoms with Crippen LogP contribution in [0.4, 0.5) is 0 Å². The molecule has 0 radical (unpaired) electrons. The number of hydrogen-bond acceptors (Lipinski definition) is 2. The molecular weight excluding hydrogens is 222 g/mol. The Balaban J connectivity index is 2.63. The predicted octanol–water partition coefficient (Wildman–Crippen LogP) is 3.85. The van der Waals surface area contributed by atoms with Crippen LogP contribution in [0.1, 0.15) is 44.7 Å². The maximum absolute atomic E-state index is 6.10. The summed E-state index contributed by atoms with van der Waals surface area (Å²) >= 11 is 0. The molecule has 2 nitrogen and oxygen atoms in total. The van der Waals surface area contributed by atoms with Crippen LogP contribution in [0.25, 0.3) is 0 Å². The molecule has 0 aromatic heterocycles. The van der Waals surface area contributed by atoms with Gasteiger partial charge in [0.1, 0.15) is 11.9 Å². The van der Waals surface area contributed by atoms with Crippen LogP contribution >= 0.6 is 0 Å². The van der Waals surface area contributed by atoms with Crippen molar-refractivity contribution in [3.05, 3.63) is 29.3 Å². The van der Waals surface area contributed by atoms with Gasteiger partial charge in [0.05, 0.1) is 0 Å². The molecule has 18 heavy (non-hydrogen) atoms. The molecular formula is C16H27NO. The lowest BCUT2D eigenvalue weighted by atomic mass is 10.1. The van der Waals surface area contributed by atoms with E-state index in [4.69, 9.17) is 4.74 Å². The van der Waals surface area contributed by atoms with E-state index in [1.165, 1.54) is 11.1 Å². The molecule has 0 fully saturated rings. The smallest absolute Gasteiger partial charge is 0.120 e. The van der Waals surface area contributed by atoms with Gasteiger partial charge in [0.2, 0.25) is 0 Å². The maximum atomic E-state index is 6.10. The topological polar surface area (TPSA) is 21.3 Å². The number of hydrogen-bond donors (Lipinski definition) is 1. The molecule has 0 aliphatic rings. The fourth-order valence-electron chi connectivity index (χ4n) is 2.09. The van der Waals surface area contributed by atoms with Gasteiger partial charge in [-0.1, -0.05) is 33.3 Å². The molecule has 1 aromatic rings. The molecule has 0 heterocycles. The van der Waals surface area contributed by atoms with E-state index in [2.05, 4.69) is 58.1 Å². The van der Waals surface area contributed by atoms with E-state index < -0.39 is 0 Å². The average Bonchev–Trinajstić information content (AvgIpc) is 2.24. The van der Waals surface area contributed by atoms with Crippen molar-refractivity contribution in [2.75, 3.05) is 6.54 Å². The number of nitrogens with one attached hydrogen (secondary N) is 1. The average molecular weight is 249 g/mol. The van der Waals surface area contributed by atoms with Gasteiger partial charge in [-0.3, -0.25) is 0 Å². The molecule has 1 rings (SSSR count). The lowest BCUT2D eigenvalue weighted by molar-refractivity contribution is 0.183. The monoisotopic (exact) mass is 249 g/mol. The minimum atomic E-state index is 0.263. The first kappa shape index (κ1) is 15.0. The molecule has 1 aromatic carbocycles. The van der Waals surface area contributed by atoms with Crippen LogP contribution in [-0.2, 0) is 0 Å². The molecule has 0 saturated carbocycles. The lowest BCUT2D eigenvalue weighted by Crippen LogP contribution is -2.35. The second kappa shape index (κ2) is 7.42. The van der Waals surface area contributed by atoms with E-state index >= 15 is 0 Å². The Labute approximate surface area is 112 Å². The van der Waals surface area contributed by atoms with Crippen molar-refractivity contribution in [3.8, 4) is 5.75 Å². The van der Waals surface area contributed by atoms with Crippen LogP contribution in [-0.4, -0.2) is 18.7 Å². The van der Waals surface area contributed by atoms with Crippen molar-refractivity contribution in [2.24, 2.45) is 0 Å². The molecule has 1 unspecified atom stereocenters. The normalized spacial score (nSPS) is 12.8. The first-order valence-corrected chi connectivity index (χ1v) is 6.99. The summed E-state index contributed by atoms with van der Waals surface area (Å²) in [4.78, 5) is 0. The summed E-state index contributed by atoms with van der Waals surface area (Å²) < 4.78 is 6.10. The first-order chi connectivity index (χ1) is 8.51. The number of benzene rings is 1. The van der Waals surface area contributed by atoms with Gasteiger partial charge < -0.3 is 10.1 Å². The Bertz CT molecular complexity index is 340. The van der Waals surface area contributed by atoms with Crippen LogP contribution in [0.5, 0.6) is 5.75 Å². The van der Waals surface area contributed by atoms with Crippen molar-refractivity contribution < 1.29 is 4.74 Å². The SMILES string of the molecule is CCCC(CNC(C)C)Oc1cc(C)cc(C)c1. The fourth-order valence-corrected chi connectivity index (χ4v) is 2.09. The summed E-state index contributed by atoms with van der Waals surface area (Å²) in [6.45, 7) is 11.7. The minimum Gasteiger partial charge on any atom is -0.489 e. The van der Waals surface area contributed by atoms with Crippen LogP contribution in [0.3, 0.4) is 0 Å². The van der Waals surface area contributed by atoms with Gasteiger partial charge in [-0.15, -0.1) is 0 Å². The molecule has 0 spiro atoms. The Morgan fingerprint density at radius 3 is 2.22 bits per heavy atom. The van der Waals surface area contributed by atoms with E-state index in [0.29, 0.717) is 6.04 Å². The molecule has 0 saturated heterocycles. The third-order valence-corrected chi connectivity index (χ3v) is 2.86. The predicted molar refractivity (Wildman–Crippen MR) is 78.4 cm³/mol. The summed E-state index contributed by atoms with van der Waals surface area (Å²) in [5, 5.41) is 3.45. The first-order valence-electron chi connectivity index (χ1n) is 6.99. The molecule has 1 atom stereocenters. The quantitative estimate of drug-likeness (QED) is 0.792. The fraction of sp³-hybridized carbons (Fsp3) is 0.625. The highest BCUT2D eigenvalue weighted by Gasteiger charge is 2.10. The molecule has 0 bridgehead atoms. The summed E-state index contributed by atoms with van der Waals surface area (Å²) in [5.41, 5.74) is 2.52. The van der Waals surface area contributed by atoms with Gasteiger partial charge in [-0.05, 0) is 43.5 Å². The summed E-state index contributed by atoms with van der Waals surface area (Å²) in [6, 6.07) is 6.91. The summed E-state index contributed by atoms with van der Waals surface area (Å²) in [5.74, 6) is 0.997. The standard InChI is InChI=1S/C16H27NO/c1-6-7-15(11-17-12(2)3)18-16-9-13(4)8-14(5)10-16/h8-10,12,15,17H,6-7,11H2,1-5H3. The molecule has 1 N–H and O–H groups in total. The molecule has 0 amide bonds. The van der Waals surface area contributed by atoms with Crippen LogP contribution in [0.15, 0.2) is 18.2 Å². The second-order valence-electron chi connectivity index (χ2n) is 5.41. The number of rotatable bonds is 7. The Morgan fingerprint density at radius 1 is 1.11 bits per heavy atom. The molecule has 102 valence electrons. The third-order valence-electron chi connectivity index (χ3n) is 2.86. The third kappa shape index (κ3) is 5.54. The van der Waals surface area contributed by atoms with E-state index in [1.807, 2.05) is 0 Å². The van der Waals surface area contributed by atoms with Gasteiger partial charge in [0.15, 0.2) is 0 Å².